The third-order valence-corrected chi connectivity index (χ3v) is 2.26. The van der Waals surface area contributed by atoms with Gasteiger partial charge in [0.2, 0.25) is 0 Å². The van der Waals surface area contributed by atoms with E-state index in [1.54, 1.807) is 24.3 Å². The van der Waals surface area contributed by atoms with Crippen LogP contribution in [-0.2, 0) is 0 Å². The van der Waals surface area contributed by atoms with Crippen LogP contribution < -0.4 is 0 Å². The van der Waals surface area contributed by atoms with E-state index in [4.69, 9.17) is 4.52 Å². The topological polar surface area (TPSA) is 26.0 Å². The molecule has 78 valence electrons. The third-order valence-electron chi connectivity index (χ3n) is 2.26. The molecule has 0 saturated carbocycles. The van der Waals surface area contributed by atoms with Crippen molar-refractivity contribution in [3.8, 4) is 11.3 Å². The van der Waals surface area contributed by atoms with Gasteiger partial charge in [0, 0.05) is 6.07 Å². The van der Waals surface area contributed by atoms with Gasteiger partial charge in [-0.1, -0.05) is 31.1 Å². The summed E-state index contributed by atoms with van der Waals surface area (Å²) in [6, 6.07) is 8.30. The van der Waals surface area contributed by atoms with Gasteiger partial charge in [0.15, 0.2) is 5.76 Å². The third kappa shape index (κ3) is 1.91. The molecule has 2 aromatic rings. The molecular weight excluding hydrogens is 193 g/mol. The number of aromatic nitrogens is 1. The number of nitrogens with zero attached hydrogens (tertiary/aromatic N) is 1. The van der Waals surface area contributed by atoms with Crippen LogP contribution in [0.15, 0.2) is 34.9 Å². The molecule has 0 fully saturated rings. The van der Waals surface area contributed by atoms with E-state index in [-0.39, 0.29) is 11.7 Å². The number of hydrogen-bond donors (Lipinski definition) is 0. The van der Waals surface area contributed by atoms with Crippen LogP contribution >= 0.6 is 0 Å². The van der Waals surface area contributed by atoms with Crippen LogP contribution in [0.5, 0.6) is 0 Å². The first kappa shape index (κ1) is 9.90. The maximum atomic E-state index is 13.4. The Morgan fingerprint density at radius 3 is 2.60 bits per heavy atom. The lowest BCUT2D eigenvalue weighted by atomic mass is 10.1. The van der Waals surface area contributed by atoms with E-state index < -0.39 is 0 Å². The molecule has 0 spiro atoms. The zero-order chi connectivity index (χ0) is 10.8. The van der Waals surface area contributed by atoms with Crippen molar-refractivity contribution in [2.45, 2.75) is 19.8 Å². The predicted molar refractivity (Wildman–Crippen MR) is 56.0 cm³/mol. The molecule has 0 aliphatic heterocycles. The highest BCUT2D eigenvalue weighted by molar-refractivity contribution is 5.58. The lowest BCUT2D eigenvalue weighted by molar-refractivity contribution is 0.418. The van der Waals surface area contributed by atoms with Gasteiger partial charge in [-0.15, -0.1) is 0 Å². The van der Waals surface area contributed by atoms with Gasteiger partial charge in [0.05, 0.1) is 11.3 Å². The van der Waals surface area contributed by atoms with Crippen molar-refractivity contribution in [3.05, 3.63) is 41.8 Å². The van der Waals surface area contributed by atoms with E-state index in [0.717, 1.165) is 5.69 Å². The van der Waals surface area contributed by atoms with Crippen molar-refractivity contribution in [1.29, 1.82) is 0 Å². The van der Waals surface area contributed by atoms with Crippen LogP contribution in [0.1, 0.15) is 25.5 Å². The lowest BCUT2D eigenvalue weighted by Crippen LogP contribution is -1.84. The van der Waals surface area contributed by atoms with E-state index >= 15 is 0 Å². The molecule has 1 aromatic carbocycles. The first-order valence-electron chi connectivity index (χ1n) is 4.90. The summed E-state index contributed by atoms with van der Waals surface area (Å²) >= 11 is 0. The number of halogens is 1. The molecule has 0 saturated heterocycles. The minimum atomic E-state index is -0.288. The van der Waals surface area contributed by atoms with E-state index in [1.165, 1.54) is 6.07 Å². The highest BCUT2D eigenvalue weighted by Crippen LogP contribution is 2.25. The van der Waals surface area contributed by atoms with Crippen molar-refractivity contribution in [2.24, 2.45) is 0 Å². The molecule has 0 amide bonds. The normalized spacial score (nSPS) is 10.9. The Kier molecular flexibility index (Phi) is 2.54. The molecule has 0 atom stereocenters. The molecule has 0 radical (unpaired) electrons. The van der Waals surface area contributed by atoms with Crippen LogP contribution in [0.3, 0.4) is 0 Å². The Morgan fingerprint density at radius 1 is 1.27 bits per heavy atom. The Hall–Kier alpha value is -1.64. The van der Waals surface area contributed by atoms with Gasteiger partial charge in [0.25, 0.3) is 0 Å². The average molecular weight is 205 g/mol. The molecule has 0 bridgehead atoms. The molecule has 0 N–H and O–H groups in total. The summed E-state index contributed by atoms with van der Waals surface area (Å²) < 4.78 is 18.5. The number of rotatable bonds is 2. The van der Waals surface area contributed by atoms with Gasteiger partial charge >= 0.3 is 0 Å². The lowest BCUT2D eigenvalue weighted by Gasteiger charge is -1.96. The highest BCUT2D eigenvalue weighted by atomic mass is 19.1. The molecule has 15 heavy (non-hydrogen) atoms. The summed E-state index contributed by atoms with van der Waals surface area (Å²) in [7, 11) is 0. The quantitative estimate of drug-likeness (QED) is 0.748. The van der Waals surface area contributed by atoms with Crippen LogP contribution in [0.2, 0.25) is 0 Å². The standard InChI is InChI=1S/C12H12FNO/c1-8(2)11-7-12(15-14-11)9-5-3-4-6-10(9)13/h3-8H,1-2H3. The Morgan fingerprint density at radius 2 is 2.00 bits per heavy atom. The predicted octanol–water partition coefficient (Wildman–Crippen LogP) is 3.60. The Bertz CT molecular complexity index is 462. The van der Waals surface area contributed by atoms with E-state index in [2.05, 4.69) is 5.16 Å². The second-order valence-electron chi connectivity index (χ2n) is 3.75. The van der Waals surface area contributed by atoms with Crippen molar-refractivity contribution in [3.63, 3.8) is 0 Å². The second-order valence-corrected chi connectivity index (χ2v) is 3.75. The van der Waals surface area contributed by atoms with Crippen molar-refractivity contribution in [1.82, 2.24) is 5.16 Å². The highest BCUT2D eigenvalue weighted by Gasteiger charge is 2.12. The molecule has 0 aliphatic carbocycles. The van der Waals surface area contributed by atoms with E-state index in [1.807, 2.05) is 13.8 Å². The van der Waals surface area contributed by atoms with E-state index in [9.17, 15) is 4.39 Å². The van der Waals surface area contributed by atoms with Crippen LogP contribution in [0, 0.1) is 5.82 Å². The van der Waals surface area contributed by atoms with Crippen LogP contribution in [-0.4, -0.2) is 5.16 Å². The maximum Gasteiger partial charge on any atom is 0.170 e. The molecule has 0 unspecified atom stereocenters. The summed E-state index contributed by atoms with van der Waals surface area (Å²) in [5.74, 6) is 0.482. The zero-order valence-corrected chi connectivity index (χ0v) is 8.70. The molecule has 2 rings (SSSR count). The molecule has 1 heterocycles. The monoisotopic (exact) mass is 205 g/mol. The average Bonchev–Trinajstić information content (AvgIpc) is 2.67. The molecule has 3 heteroatoms. The molecule has 1 aromatic heterocycles. The maximum absolute atomic E-state index is 13.4. The minimum Gasteiger partial charge on any atom is -0.356 e. The summed E-state index contributed by atoms with van der Waals surface area (Å²) in [6.07, 6.45) is 0. The Balaban J connectivity index is 2.42. The number of benzene rings is 1. The summed E-state index contributed by atoms with van der Waals surface area (Å²) in [4.78, 5) is 0. The Labute approximate surface area is 87.7 Å². The van der Waals surface area contributed by atoms with Crippen molar-refractivity contribution in [2.75, 3.05) is 0 Å². The van der Waals surface area contributed by atoms with Gasteiger partial charge in [-0.2, -0.15) is 0 Å². The van der Waals surface area contributed by atoms with Crippen LogP contribution in [0.25, 0.3) is 11.3 Å². The second kappa shape index (κ2) is 3.85. The summed E-state index contributed by atoms with van der Waals surface area (Å²) in [6.45, 7) is 4.03. The van der Waals surface area contributed by atoms with Crippen LogP contribution in [0.4, 0.5) is 4.39 Å². The SMILES string of the molecule is CC(C)c1cc(-c2ccccc2F)on1. The fourth-order valence-electron chi connectivity index (χ4n) is 1.35. The first-order chi connectivity index (χ1) is 7.18. The van der Waals surface area contributed by atoms with Gasteiger partial charge in [-0.25, -0.2) is 4.39 Å². The van der Waals surface area contributed by atoms with E-state index in [0.29, 0.717) is 11.3 Å². The fourth-order valence-corrected chi connectivity index (χ4v) is 1.35. The summed E-state index contributed by atoms with van der Waals surface area (Å²) in [5.41, 5.74) is 1.30. The van der Waals surface area contributed by atoms with Gasteiger partial charge in [-0.05, 0) is 18.1 Å². The minimum absolute atomic E-state index is 0.286. The smallest absolute Gasteiger partial charge is 0.170 e. The largest absolute Gasteiger partial charge is 0.356 e. The number of hydrogen-bond acceptors (Lipinski definition) is 2. The summed E-state index contributed by atoms with van der Waals surface area (Å²) in [5, 5.41) is 3.89. The van der Waals surface area contributed by atoms with Gasteiger partial charge in [0.1, 0.15) is 5.82 Å². The zero-order valence-electron chi connectivity index (χ0n) is 8.70. The van der Waals surface area contributed by atoms with Gasteiger partial charge in [-0.3, -0.25) is 0 Å². The van der Waals surface area contributed by atoms with Crippen molar-refractivity contribution >= 4 is 0 Å². The van der Waals surface area contributed by atoms with Gasteiger partial charge < -0.3 is 4.52 Å². The van der Waals surface area contributed by atoms with Crippen molar-refractivity contribution < 1.29 is 8.91 Å². The molecular formula is C12H12FNO. The molecule has 0 aliphatic rings. The molecule has 2 nitrogen and oxygen atoms in total. The first-order valence-corrected chi connectivity index (χ1v) is 4.90. The fraction of sp³-hybridized carbons (Fsp3) is 0.250.